The van der Waals surface area contributed by atoms with Crippen LogP contribution in [0.4, 0.5) is 0 Å². The molecule has 0 aromatic heterocycles. The van der Waals surface area contributed by atoms with Gasteiger partial charge in [-0.15, -0.1) is 0 Å². The Bertz CT molecular complexity index is 56.9. The van der Waals surface area contributed by atoms with Crippen LogP contribution >= 0.6 is 0 Å². The van der Waals surface area contributed by atoms with Crippen LogP contribution in [0.2, 0.25) is 0 Å². The Morgan fingerprint density at radius 1 is 1.44 bits per heavy atom. The third-order valence-corrected chi connectivity index (χ3v) is 1.24. The molecule has 0 spiro atoms. The van der Waals surface area contributed by atoms with Crippen molar-refractivity contribution in [2.45, 2.75) is 19.8 Å². The highest BCUT2D eigenvalue weighted by atomic mass is 16.5. The van der Waals surface area contributed by atoms with Crippen molar-refractivity contribution >= 4 is 0 Å². The lowest BCUT2D eigenvalue weighted by atomic mass is 10.3. The molecule has 0 fully saturated rings. The molecule has 0 atom stereocenters. The van der Waals surface area contributed by atoms with Gasteiger partial charge in [-0.05, 0) is 20.0 Å². The first-order chi connectivity index (χ1) is 4.31. The van der Waals surface area contributed by atoms with Gasteiger partial charge in [0.1, 0.15) is 0 Å². The summed E-state index contributed by atoms with van der Waals surface area (Å²) in [5, 5.41) is 0. The Kier molecular flexibility index (Phi) is 5.99. The second-order valence-electron chi connectivity index (χ2n) is 2.35. The van der Waals surface area contributed by atoms with Crippen molar-refractivity contribution in [3.05, 3.63) is 0 Å². The molecular weight excluding hydrogens is 114 g/mol. The fourth-order valence-electron chi connectivity index (χ4n) is 0.713. The van der Waals surface area contributed by atoms with Crippen LogP contribution in [0.15, 0.2) is 0 Å². The van der Waals surface area contributed by atoms with Gasteiger partial charge in [0, 0.05) is 7.11 Å². The molecule has 2 heteroatoms. The quantitative estimate of drug-likeness (QED) is 0.522. The lowest BCUT2D eigenvalue weighted by molar-refractivity contribution is 0.0810. The van der Waals surface area contributed by atoms with Crippen LogP contribution in [0.3, 0.4) is 0 Å². The van der Waals surface area contributed by atoms with Gasteiger partial charge in [-0.1, -0.05) is 13.3 Å². The summed E-state index contributed by atoms with van der Waals surface area (Å²) >= 11 is 0. The Morgan fingerprint density at radius 2 is 2.11 bits per heavy atom. The van der Waals surface area contributed by atoms with Crippen LogP contribution in [-0.4, -0.2) is 32.3 Å². The lowest BCUT2D eigenvalue weighted by Gasteiger charge is -2.13. The highest BCUT2D eigenvalue weighted by Gasteiger charge is 1.92. The molecular formula is C7H17NO. The van der Waals surface area contributed by atoms with Crippen LogP contribution in [0.5, 0.6) is 0 Å². The zero-order valence-corrected chi connectivity index (χ0v) is 6.68. The zero-order chi connectivity index (χ0) is 7.11. The minimum absolute atomic E-state index is 0.750. The van der Waals surface area contributed by atoms with Crippen molar-refractivity contribution < 1.29 is 4.74 Å². The topological polar surface area (TPSA) is 12.5 Å². The molecule has 0 heterocycles. The number of unbranched alkanes of at least 4 members (excludes halogenated alkanes) is 1. The third-order valence-electron chi connectivity index (χ3n) is 1.24. The summed E-state index contributed by atoms with van der Waals surface area (Å²) < 4.78 is 4.93. The molecule has 0 N–H and O–H groups in total. The molecule has 0 aliphatic carbocycles. The van der Waals surface area contributed by atoms with E-state index in [0.717, 1.165) is 13.3 Å². The van der Waals surface area contributed by atoms with Gasteiger partial charge in [-0.25, -0.2) is 0 Å². The summed E-state index contributed by atoms with van der Waals surface area (Å²) in [7, 11) is 3.79. The molecule has 0 aliphatic rings. The number of hydrogen-bond acceptors (Lipinski definition) is 2. The number of methoxy groups -OCH3 is 1. The largest absolute Gasteiger partial charge is 0.369 e. The smallest absolute Gasteiger partial charge is 0.0983 e. The summed E-state index contributed by atoms with van der Waals surface area (Å²) in [6.07, 6.45) is 2.52. The van der Waals surface area contributed by atoms with Gasteiger partial charge in [0.25, 0.3) is 0 Å². The summed E-state index contributed by atoms with van der Waals surface area (Å²) in [6, 6.07) is 0. The predicted molar refractivity (Wildman–Crippen MR) is 39.4 cm³/mol. The van der Waals surface area contributed by atoms with Gasteiger partial charge in [0.15, 0.2) is 0 Å². The van der Waals surface area contributed by atoms with Gasteiger partial charge in [-0.2, -0.15) is 0 Å². The maximum absolute atomic E-state index is 4.93. The highest BCUT2D eigenvalue weighted by molar-refractivity contribution is 4.42. The van der Waals surface area contributed by atoms with Crippen LogP contribution in [0.1, 0.15) is 19.8 Å². The summed E-state index contributed by atoms with van der Waals surface area (Å²) in [6.45, 7) is 4.09. The molecule has 0 amide bonds. The van der Waals surface area contributed by atoms with Crippen molar-refractivity contribution in [1.29, 1.82) is 0 Å². The van der Waals surface area contributed by atoms with E-state index >= 15 is 0 Å². The van der Waals surface area contributed by atoms with E-state index in [-0.39, 0.29) is 0 Å². The van der Waals surface area contributed by atoms with Gasteiger partial charge >= 0.3 is 0 Å². The number of nitrogens with zero attached hydrogens (tertiary/aromatic N) is 1. The monoisotopic (exact) mass is 131 g/mol. The van der Waals surface area contributed by atoms with E-state index in [4.69, 9.17) is 4.74 Å². The van der Waals surface area contributed by atoms with Gasteiger partial charge in [0.2, 0.25) is 0 Å². The molecule has 0 aromatic carbocycles. The second kappa shape index (κ2) is 6.05. The number of rotatable bonds is 5. The predicted octanol–water partition coefficient (Wildman–Crippen LogP) is 1.32. The van der Waals surface area contributed by atoms with Crippen molar-refractivity contribution in [3.8, 4) is 0 Å². The summed E-state index contributed by atoms with van der Waals surface area (Å²) in [5.41, 5.74) is 0. The molecule has 9 heavy (non-hydrogen) atoms. The fraction of sp³-hybridized carbons (Fsp3) is 1.00. The van der Waals surface area contributed by atoms with Gasteiger partial charge < -0.3 is 4.74 Å². The SMILES string of the molecule is CCCCN(C)COC. The Hall–Kier alpha value is -0.0800. The minimum Gasteiger partial charge on any atom is -0.369 e. The Balaban J connectivity index is 2.95. The molecule has 0 aromatic rings. The lowest BCUT2D eigenvalue weighted by Crippen LogP contribution is -2.21. The highest BCUT2D eigenvalue weighted by Crippen LogP contribution is 1.89. The maximum atomic E-state index is 4.93. The fourth-order valence-corrected chi connectivity index (χ4v) is 0.713. The number of ether oxygens (including phenoxy) is 1. The van der Waals surface area contributed by atoms with Crippen molar-refractivity contribution in [3.63, 3.8) is 0 Å². The molecule has 2 nitrogen and oxygen atoms in total. The molecule has 56 valence electrons. The first-order valence-corrected chi connectivity index (χ1v) is 3.48. The minimum atomic E-state index is 0.750. The average Bonchev–Trinajstić information content (AvgIpc) is 1.85. The first kappa shape index (κ1) is 8.92. The van der Waals surface area contributed by atoms with Crippen LogP contribution in [-0.2, 0) is 4.74 Å². The first-order valence-electron chi connectivity index (χ1n) is 3.48. The standard InChI is InChI=1S/C7H17NO/c1-4-5-6-8(2)7-9-3/h4-7H2,1-3H3. The summed E-state index contributed by atoms with van der Waals surface area (Å²) in [4.78, 5) is 2.17. The van der Waals surface area contributed by atoms with Crippen molar-refractivity contribution in [2.24, 2.45) is 0 Å². The molecule has 0 rings (SSSR count). The van der Waals surface area contributed by atoms with Crippen LogP contribution < -0.4 is 0 Å². The Labute approximate surface area is 57.8 Å². The number of hydrogen-bond donors (Lipinski definition) is 0. The zero-order valence-electron chi connectivity index (χ0n) is 6.68. The molecule has 0 unspecified atom stereocenters. The van der Waals surface area contributed by atoms with E-state index in [2.05, 4.69) is 18.9 Å². The van der Waals surface area contributed by atoms with E-state index in [1.807, 2.05) is 0 Å². The molecule has 0 saturated carbocycles. The second-order valence-corrected chi connectivity index (χ2v) is 2.35. The average molecular weight is 131 g/mol. The van der Waals surface area contributed by atoms with Crippen LogP contribution in [0.25, 0.3) is 0 Å². The summed E-state index contributed by atoms with van der Waals surface area (Å²) in [5.74, 6) is 0. The van der Waals surface area contributed by atoms with Gasteiger partial charge in [-0.3, -0.25) is 4.90 Å². The Morgan fingerprint density at radius 3 is 2.56 bits per heavy atom. The van der Waals surface area contributed by atoms with E-state index in [0.29, 0.717) is 0 Å². The maximum Gasteiger partial charge on any atom is 0.0983 e. The van der Waals surface area contributed by atoms with E-state index in [1.165, 1.54) is 12.8 Å². The van der Waals surface area contributed by atoms with Crippen molar-refractivity contribution in [2.75, 3.05) is 27.4 Å². The molecule has 0 radical (unpaired) electrons. The van der Waals surface area contributed by atoms with E-state index in [9.17, 15) is 0 Å². The van der Waals surface area contributed by atoms with Crippen molar-refractivity contribution in [1.82, 2.24) is 4.90 Å². The molecule has 0 bridgehead atoms. The van der Waals surface area contributed by atoms with Gasteiger partial charge in [0.05, 0.1) is 6.73 Å². The molecule has 0 saturated heterocycles. The molecule has 0 aliphatic heterocycles. The third kappa shape index (κ3) is 5.80. The van der Waals surface area contributed by atoms with Crippen LogP contribution in [0, 0.1) is 0 Å². The normalized spacial score (nSPS) is 10.7. The van der Waals surface area contributed by atoms with E-state index in [1.54, 1.807) is 7.11 Å². The van der Waals surface area contributed by atoms with E-state index < -0.39 is 0 Å².